The van der Waals surface area contributed by atoms with Crippen LogP contribution in [0.25, 0.3) is 0 Å². The lowest BCUT2D eigenvalue weighted by atomic mass is 10.1. The number of carbonyl (C=O) groups excluding carboxylic acids is 2. The number of benzene rings is 1. The van der Waals surface area contributed by atoms with Gasteiger partial charge in [-0.1, -0.05) is 39.5 Å². The number of ether oxygens (including phenoxy) is 3. The molecule has 1 aromatic rings. The number of carbonyl (C=O) groups is 2. The third-order valence-electron chi connectivity index (χ3n) is 4.49. The number of hydrogen-bond donors (Lipinski definition) is 0. The average molecular weight is 393 g/mol. The maximum atomic E-state index is 11.8. The lowest BCUT2D eigenvalue weighted by Gasteiger charge is -2.07. The molecule has 28 heavy (non-hydrogen) atoms. The summed E-state index contributed by atoms with van der Waals surface area (Å²) in [6, 6.07) is 6.99. The Morgan fingerprint density at radius 2 is 1.32 bits per heavy atom. The molecule has 0 amide bonds. The van der Waals surface area contributed by atoms with Crippen molar-refractivity contribution in [1.82, 2.24) is 0 Å². The molecule has 0 heterocycles. The zero-order valence-electron chi connectivity index (χ0n) is 17.7. The third kappa shape index (κ3) is 12.4. The summed E-state index contributed by atoms with van der Waals surface area (Å²) in [5, 5.41) is 0. The zero-order chi connectivity index (χ0) is 20.6. The summed E-state index contributed by atoms with van der Waals surface area (Å²) in [5.74, 6) is 1.65. The van der Waals surface area contributed by atoms with E-state index in [1.165, 1.54) is 0 Å². The van der Waals surface area contributed by atoms with Crippen molar-refractivity contribution >= 4 is 11.9 Å². The van der Waals surface area contributed by atoms with Gasteiger partial charge in [0.05, 0.1) is 13.7 Å². The maximum absolute atomic E-state index is 11.8. The summed E-state index contributed by atoms with van der Waals surface area (Å²) < 4.78 is 15.6. The summed E-state index contributed by atoms with van der Waals surface area (Å²) in [4.78, 5) is 23.4. The highest BCUT2D eigenvalue weighted by Crippen LogP contribution is 2.18. The molecule has 0 bridgehead atoms. The van der Waals surface area contributed by atoms with Gasteiger partial charge >= 0.3 is 11.9 Å². The molecule has 0 aliphatic heterocycles. The normalized spacial score (nSPS) is 10.7. The zero-order valence-corrected chi connectivity index (χ0v) is 17.7. The molecule has 0 saturated carbocycles. The smallest absolute Gasteiger partial charge is 0.311 e. The first kappa shape index (κ1) is 24.0. The van der Waals surface area contributed by atoms with Crippen molar-refractivity contribution in [3.8, 4) is 11.5 Å². The fraction of sp³-hybridized carbons (Fsp3) is 0.652. The van der Waals surface area contributed by atoms with E-state index < -0.39 is 0 Å². The minimum absolute atomic E-state index is 0.0787. The highest BCUT2D eigenvalue weighted by atomic mass is 16.5. The van der Waals surface area contributed by atoms with Crippen LogP contribution in [0.1, 0.15) is 78.1 Å². The number of hydrogen-bond acceptors (Lipinski definition) is 5. The van der Waals surface area contributed by atoms with Crippen LogP contribution in [0, 0.1) is 5.92 Å². The van der Waals surface area contributed by atoms with Crippen LogP contribution in [0.15, 0.2) is 24.3 Å². The minimum Gasteiger partial charge on any atom is -0.497 e. The average Bonchev–Trinajstić information content (AvgIpc) is 2.67. The van der Waals surface area contributed by atoms with Gasteiger partial charge in [-0.15, -0.1) is 0 Å². The SMILES string of the molecule is COc1ccc(OC(=O)CCCCCCCCC(=O)OCCCC(C)C)cc1. The van der Waals surface area contributed by atoms with Crippen LogP contribution < -0.4 is 9.47 Å². The van der Waals surface area contributed by atoms with Crippen molar-refractivity contribution < 1.29 is 23.8 Å². The molecule has 0 fully saturated rings. The Bertz CT molecular complexity index is 551. The van der Waals surface area contributed by atoms with Crippen LogP contribution in [0.2, 0.25) is 0 Å². The van der Waals surface area contributed by atoms with Crippen LogP contribution >= 0.6 is 0 Å². The molecule has 0 aliphatic carbocycles. The van der Waals surface area contributed by atoms with Gasteiger partial charge in [-0.05, 0) is 55.9 Å². The van der Waals surface area contributed by atoms with Crippen LogP contribution in [0.3, 0.4) is 0 Å². The molecule has 0 unspecified atom stereocenters. The topological polar surface area (TPSA) is 61.8 Å². The number of unbranched alkanes of at least 4 members (excludes halogenated alkanes) is 5. The Hall–Kier alpha value is -2.04. The van der Waals surface area contributed by atoms with E-state index in [9.17, 15) is 9.59 Å². The first-order valence-electron chi connectivity index (χ1n) is 10.5. The quantitative estimate of drug-likeness (QED) is 0.218. The van der Waals surface area contributed by atoms with Crippen LogP contribution in [-0.4, -0.2) is 25.7 Å². The van der Waals surface area contributed by atoms with Crippen molar-refractivity contribution in [2.75, 3.05) is 13.7 Å². The van der Waals surface area contributed by atoms with E-state index in [-0.39, 0.29) is 11.9 Å². The van der Waals surface area contributed by atoms with Gasteiger partial charge in [0, 0.05) is 12.8 Å². The number of rotatable bonds is 15. The van der Waals surface area contributed by atoms with Gasteiger partial charge in [-0.3, -0.25) is 9.59 Å². The predicted molar refractivity (Wildman–Crippen MR) is 111 cm³/mol. The number of methoxy groups -OCH3 is 1. The second-order valence-corrected chi connectivity index (χ2v) is 7.53. The molecule has 0 atom stereocenters. The molecular formula is C23H36O5. The standard InChI is InChI=1S/C23H36O5/c1-19(2)11-10-18-27-22(24)12-8-6-4-5-7-9-13-23(25)28-21-16-14-20(26-3)15-17-21/h14-17,19H,4-13,18H2,1-3H3. The molecule has 5 nitrogen and oxygen atoms in total. The highest BCUT2D eigenvalue weighted by molar-refractivity contribution is 5.72. The van der Waals surface area contributed by atoms with Crippen molar-refractivity contribution in [3.05, 3.63) is 24.3 Å². The van der Waals surface area contributed by atoms with E-state index in [2.05, 4.69) is 13.8 Å². The summed E-state index contributed by atoms with van der Waals surface area (Å²) >= 11 is 0. The van der Waals surface area contributed by atoms with E-state index in [4.69, 9.17) is 14.2 Å². The minimum atomic E-state index is -0.203. The van der Waals surface area contributed by atoms with Crippen molar-refractivity contribution in [1.29, 1.82) is 0 Å². The van der Waals surface area contributed by atoms with E-state index in [0.29, 0.717) is 31.1 Å². The molecular weight excluding hydrogens is 356 g/mol. The highest BCUT2D eigenvalue weighted by Gasteiger charge is 2.06. The molecule has 1 rings (SSSR count). The monoisotopic (exact) mass is 392 g/mol. The Kier molecular flexibility index (Phi) is 12.8. The fourth-order valence-corrected chi connectivity index (χ4v) is 2.82. The van der Waals surface area contributed by atoms with Crippen molar-refractivity contribution in [2.24, 2.45) is 5.92 Å². The first-order chi connectivity index (χ1) is 13.5. The van der Waals surface area contributed by atoms with Crippen LogP contribution in [0.5, 0.6) is 11.5 Å². The van der Waals surface area contributed by atoms with E-state index in [0.717, 1.165) is 57.1 Å². The summed E-state index contributed by atoms with van der Waals surface area (Å²) in [5.41, 5.74) is 0. The molecule has 0 radical (unpaired) electrons. The Morgan fingerprint density at radius 1 is 0.786 bits per heavy atom. The van der Waals surface area contributed by atoms with Gasteiger partial charge in [0.1, 0.15) is 11.5 Å². The van der Waals surface area contributed by atoms with Crippen LogP contribution in [0.4, 0.5) is 0 Å². The van der Waals surface area contributed by atoms with Gasteiger partial charge < -0.3 is 14.2 Å². The second-order valence-electron chi connectivity index (χ2n) is 7.53. The van der Waals surface area contributed by atoms with Gasteiger partial charge in [0.2, 0.25) is 0 Å². The van der Waals surface area contributed by atoms with Gasteiger partial charge in [0.15, 0.2) is 0 Å². The van der Waals surface area contributed by atoms with E-state index in [1.807, 2.05) is 0 Å². The lowest BCUT2D eigenvalue weighted by Crippen LogP contribution is -2.07. The number of esters is 2. The van der Waals surface area contributed by atoms with Crippen molar-refractivity contribution in [3.63, 3.8) is 0 Å². The molecule has 158 valence electrons. The van der Waals surface area contributed by atoms with E-state index in [1.54, 1.807) is 31.4 Å². The third-order valence-corrected chi connectivity index (χ3v) is 4.49. The molecule has 5 heteroatoms. The Balaban J connectivity index is 1.94. The molecule has 0 N–H and O–H groups in total. The Labute approximate surface area is 169 Å². The Morgan fingerprint density at radius 3 is 1.89 bits per heavy atom. The molecule has 0 aromatic heterocycles. The summed E-state index contributed by atoms with van der Waals surface area (Å²) in [6.45, 7) is 4.89. The molecule has 0 spiro atoms. The molecule has 0 aliphatic rings. The molecule has 1 aromatic carbocycles. The van der Waals surface area contributed by atoms with Gasteiger partial charge in [-0.25, -0.2) is 0 Å². The summed E-state index contributed by atoms with van der Waals surface area (Å²) in [7, 11) is 1.60. The fourth-order valence-electron chi connectivity index (χ4n) is 2.82. The van der Waals surface area contributed by atoms with E-state index >= 15 is 0 Å². The summed E-state index contributed by atoms with van der Waals surface area (Å²) in [6.07, 6.45) is 8.85. The molecule has 0 saturated heterocycles. The largest absolute Gasteiger partial charge is 0.497 e. The lowest BCUT2D eigenvalue weighted by molar-refractivity contribution is -0.144. The predicted octanol–water partition coefficient (Wildman–Crippen LogP) is 5.70. The maximum Gasteiger partial charge on any atom is 0.311 e. The second kappa shape index (κ2) is 14.9. The van der Waals surface area contributed by atoms with Gasteiger partial charge in [0.25, 0.3) is 0 Å². The van der Waals surface area contributed by atoms with Crippen molar-refractivity contribution in [2.45, 2.75) is 78.1 Å². The van der Waals surface area contributed by atoms with Crippen LogP contribution in [-0.2, 0) is 14.3 Å². The van der Waals surface area contributed by atoms with Gasteiger partial charge in [-0.2, -0.15) is 0 Å². The first-order valence-corrected chi connectivity index (χ1v) is 10.5.